The van der Waals surface area contributed by atoms with E-state index in [0.29, 0.717) is 31.9 Å². The fourth-order valence-corrected chi connectivity index (χ4v) is 2.45. The first kappa shape index (κ1) is 22.2. The van der Waals surface area contributed by atoms with E-state index in [-0.39, 0.29) is 17.1 Å². The highest BCUT2D eigenvalue weighted by Gasteiger charge is 2.12. The van der Waals surface area contributed by atoms with Gasteiger partial charge in [0.15, 0.2) is 0 Å². The number of nitrogens with one attached hydrogen (secondary N) is 1. The number of thiocarbonyl (C=S) groups is 1. The van der Waals surface area contributed by atoms with E-state index >= 15 is 0 Å². The molecule has 0 aliphatic rings. The Hall–Kier alpha value is -2.84. The Morgan fingerprint density at radius 1 is 1.19 bits per heavy atom. The van der Waals surface area contributed by atoms with Crippen molar-refractivity contribution in [1.82, 2.24) is 0 Å². The van der Waals surface area contributed by atoms with Gasteiger partial charge in [-0.05, 0) is 42.3 Å². The van der Waals surface area contributed by atoms with Crippen molar-refractivity contribution in [3.63, 3.8) is 0 Å². The van der Waals surface area contributed by atoms with Crippen molar-refractivity contribution in [3.05, 3.63) is 48.0 Å². The Labute approximate surface area is 164 Å². The van der Waals surface area contributed by atoms with Crippen LogP contribution in [0.25, 0.3) is 0 Å². The van der Waals surface area contributed by atoms with E-state index in [1.165, 1.54) is 19.2 Å². The van der Waals surface area contributed by atoms with Crippen molar-refractivity contribution in [2.45, 2.75) is 0 Å². The maximum absolute atomic E-state index is 11.5. The molecule has 0 bridgehead atoms. The molecule has 0 radical (unpaired) electrons. The van der Waals surface area contributed by atoms with E-state index in [9.17, 15) is 15.0 Å². The number of hydrogen-bond acceptors (Lipinski definition) is 8. The van der Waals surface area contributed by atoms with E-state index in [2.05, 4.69) is 33.0 Å². The first-order valence-electron chi connectivity index (χ1n) is 8.23. The standard InChI is InChI=1S/C18H23N3O4.CH2S/c1-25-18(24)16-7-2-13(12-17(16)23)20-9-11-21(10-8-19)14-3-5-15(22)6-4-14;1-2/h2-7,12,20,22-23H,8-11,19H2,1H3;1H2. The molecule has 2 aromatic rings. The zero-order chi connectivity index (χ0) is 20.2. The van der Waals surface area contributed by atoms with Crippen LogP contribution in [-0.2, 0) is 4.74 Å². The number of esters is 1. The summed E-state index contributed by atoms with van der Waals surface area (Å²) in [4.78, 5) is 13.6. The Kier molecular flexibility index (Phi) is 9.63. The largest absolute Gasteiger partial charge is 0.508 e. The van der Waals surface area contributed by atoms with Crippen LogP contribution in [0.2, 0.25) is 0 Å². The van der Waals surface area contributed by atoms with Crippen LogP contribution in [0.4, 0.5) is 11.4 Å². The van der Waals surface area contributed by atoms with Crippen LogP contribution in [0.3, 0.4) is 0 Å². The van der Waals surface area contributed by atoms with E-state index in [1.807, 2.05) is 12.1 Å². The van der Waals surface area contributed by atoms with Crippen molar-refractivity contribution < 1.29 is 19.7 Å². The monoisotopic (exact) mass is 391 g/mol. The summed E-state index contributed by atoms with van der Waals surface area (Å²) in [6.07, 6.45) is 0. The maximum Gasteiger partial charge on any atom is 0.341 e. The third-order valence-corrected chi connectivity index (χ3v) is 3.73. The lowest BCUT2D eigenvalue weighted by Gasteiger charge is -2.24. The van der Waals surface area contributed by atoms with Gasteiger partial charge in [-0.15, -0.1) is 0 Å². The number of ether oxygens (including phenoxy) is 1. The summed E-state index contributed by atoms with van der Waals surface area (Å²) in [7, 11) is 1.27. The van der Waals surface area contributed by atoms with Crippen molar-refractivity contribution in [2.24, 2.45) is 5.73 Å². The summed E-state index contributed by atoms with van der Waals surface area (Å²) in [6.45, 7) is 2.48. The third-order valence-electron chi connectivity index (χ3n) is 3.73. The van der Waals surface area contributed by atoms with Crippen LogP contribution in [0, 0.1) is 0 Å². The Morgan fingerprint density at radius 3 is 2.41 bits per heavy atom. The summed E-state index contributed by atoms with van der Waals surface area (Å²) < 4.78 is 4.60. The van der Waals surface area contributed by atoms with Crippen molar-refractivity contribution in [2.75, 3.05) is 43.5 Å². The molecule has 0 amide bonds. The van der Waals surface area contributed by atoms with Gasteiger partial charge in [0, 0.05) is 43.6 Å². The number of methoxy groups -OCH3 is 1. The van der Waals surface area contributed by atoms with Gasteiger partial charge in [0.2, 0.25) is 0 Å². The highest BCUT2D eigenvalue weighted by molar-refractivity contribution is 7.77. The van der Waals surface area contributed by atoms with Gasteiger partial charge in [-0.1, -0.05) is 12.2 Å². The molecule has 0 atom stereocenters. The average Bonchev–Trinajstić information content (AvgIpc) is 2.69. The quantitative estimate of drug-likeness (QED) is 0.401. The number of carbonyl (C=O) groups is 1. The van der Waals surface area contributed by atoms with Gasteiger partial charge in [0.1, 0.15) is 17.1 Å². The van der Waals surface area contributed by atoms with Gasteiger partial charge < -0.3 is 30.9 Å². The smallest absolute Gasteiger partial charge is 0.341 e. The summed E-state index contributed by atoms with van der Waals surface area (Å²) in [5, 5.41) is 22.5. The molecule has 2 aromatic carbocycles. The molecule has 5 N–H and O–H groups in total. The summed E-state index contributed by atoms with van der Waals surface area (Å²) in [5.74, 6) is 2.34. The van der Waals surface area contributed by atoms with Gasteiger partial charge in [0.25, 0.3) is 0 Å². The van der Waals surface area contributed by atoms with Gasteiger partial charge in [0.05, 0.1) is 7.11 Å². The SMILES string of the molecule is C=S.COC(=O)c1ccc(NCCN(CCN)c2ccc(O)cc2)cc1O. The Bertz CT molecular complexity index is 725. The molecule has 0 unspecified atom stereocenters. The first-order chi connectivity index (χ1) is 13.0. The number of benzene rings is 2. The van der Waals surface area contributed by atoms with Gasteiger partial charge in [-0.3, -0.25) is 0 Å². The van der Waals surface area contributed by atoms with E-state index < -0.39 is 5.97 Å². The van der Waals surface area contributed by atoms with E-state index in [4.69, 9.17) is 5.73 Å². The molecule has 7 nitrogen and oxygen atoms in total. The molecule has 8 heteroatoms. The van der Waals surface area contributed by atoms with Crippen LogP contribution in [0.1, 0.15) is 10.4 Å². The number of phenolic OH excluding ortho intramolecular Hbond substituents is 2. The van der Waals surface area contributed by atoms with Crippen LogP contribution in [0.15, 0.2) is 42.5 Å². The molecule has 27 heavy (non-hydrogen) atoms. The molecule has 0 spiro atoms. The minimum Gasteiger partial charge on any atom is -0.508 e. The molecule has 2 rings (SSSR count). The lowest BCUT2D eigenvalue weighted by atomic mass is 10.2. The molecular formula is C19H25N3O4S. The van der Waals surface area contributed by atoms with Crippen LogP contribution < -0.4 is 16.0 Å². The average molecular weight is 391 g/mol. The van der Waals surface area contributed by atoms with Gasteiger partial charge >= 0.3 is 5.97 Å². The van der Waals surface area contributed by atoms with Crippen molar-refractivity contribution in [1.29, 1.82) is 0 Å². The number of nitrogens with two attached hydrogens (primary N) is 1. The second-order valence-electron chi connectivity index (χ2n) is 5.44. The highest BCUT2D eigenvalue weighted by Crippen LogP contribution is 2.23. The van der Waals surface area contributed by atoms with Crippen molar-refractivity contribution >= 4 is 35.4 Å². The zero-order valence-electron chi connectivity index (χ0n) is 15.2. The lowest BCUT2D eigenvalue weighted by molar-refractivity contribution is 0.0597. The topological polar surface area (TPSA) is 108 Å². The minimum atomic E-state index is -0.578. The summed E-state index contributed by atoms with van der Waals surface area (Å²) in [5.41, 5.74) is 7.46. The number of carbonyl (C=O) groups excluding carboxylic acids is 1. The van der Waals surface area contributed by atoms with Crippen LogP contribution in [-0.4, -0.2) is 55.3 Å². The number of aromatic hydroxyl groups is 2. The molecular weight excluding hydrogens is 366 g/mol. The Morgan fingerprint density at radius 2 is 1.85 bits per heavy atom. The summed E-state index contributed by atoms with van der Waals surface area (Å²) >= 11 is 3.83. The fourth-order valence-electron chi connectivity index (χ4n) is 2.45. The molecule has 0 saturated heterocycles. The predicted molar refractivity (Wildman–Crippen MR) is 112 cm³/mol. The second kappa shape index (κ2) is 11.7. The molecule has 0 aliphatic carbocycles. The van der Waals surface area contributed by atoms with E-state index in [0.717, 1.165) is 5.69 Å². The number of anilines is 2. The molecule has 0 heterocycles. The van der Waals surface area contributed by atoms with Crippen molar-refractivity contribution in [3.8, 4) is 11.5 Å². The summed E-state index contributed by atoms with van der Waals surface area (Å²) in [6, 6.07) is 11.6. The molecule has 0 aromatic heterocycles. The molecule has 0 fully saturated rings. The van der Waals surface area contributed by atoms with E-state index in [1.54, 1.807) is 18.2 Å². The number of phenols is 2. The number of hydrogen-bond donors (Lipinski definition) is 4. The molecule has 0 saturated carbocycles. The minimum absolute atomic E-state index is 0.127. The lowest BCUT2D eigenvalue weighted by Crippen LogP contribution is -2.33. The maximum atomic E-state index is 11.5. The normalized spacial score (nSPS) is 9.70. The third kappa shape index (κ3) is 6.76. The molecule has 146 valence electrons. The number of rotatable bonds is 8. The molecule has 0 aliphatic heterocycles. The first-order valence-corrected chi connectivity index (χ1v) is 8.81. The number of nitrogens with zero attached hydrogens (tertiary/aromatic N) is 1. The van der Waals surface area contributed by atoms with Crippen LogP contribution in [0.5, 0.6) is 11.5 Å². The second-order valence-corrected chi connectivity index (χ2v) is 5.44. The predicted octanol–water partition coefficient (Wildman–Crippen LogP) is 2.38. The van der Waals surface area contributed by atoms with Crippen LogP contribution >= 0.6 is 12.2 Å². The van der Waals surface area contributed by atoms with Gasteiger partial charge in [-0.2, -0.15) is 0 Å². The fraction of sp³-hybridized carbons (Fsp3) is 0.263. The zero-order valence-corrected chi connectivity index (χ0v) is 16.0. The van der Waals surface area contributed by atoms with Gasteiger partial charge in [-0.25, -0.2) is 4.79 Å². The highest BCUT2D eigenvalue weighted by atomic mass is 32.1. The Balaban J connectivity index is 0.00000176.